The summed E-state index contributed by atoms with van der Waals surface area (Å²) in [5.74, 6) is 1.78. The summed E-state index contributed by atoms with van der Waals surface area (Å²) in [6.45, 7) is 3.83. The Balaban J connectivity index is 0.000000110. The number of aromatic nitrogens is 15. The molecule has 0 aliphatic carbocycles. The van der Waals surface area contributed by atoms with Gasteiger partial charge in [-0.25, -0.2) is 54.8 Å². The number of hydrogen-bond donors (Lipinski definition) is 5. The lowest BCUT2D eigenvalue weighted by Crippen LogP contribution is -2.54. The molecular formula is C65H64N24S3. The van der Waals surface area contributed by atoms with Crippen LogP contribution in [0.4, 0.5) is 15.4 Å². The van der Waals surface area contributed by atoms with E-state index >= 15 is 0 Å². The minimum absolute atomic E-state index is 0.460. The van der Waals surface area contributed by atoms with Crippen molar-refractivity contribution >= 4 is 103 Å². The van der Waals surface area contributed by atoms with Gasteiger partial charge in [0.05, 0.1) is 46.7 Å². The van der Waals surface area contributed by atoms with Crippen molar-refractivity contribution in [2.45, 2.75) is 152 Å². The van der Waals surface area contributed by atoms with Gasteiger partial charge in [0.2, 0.25) is 0 Å². The summed E-state index contributed by atoms with van der Waals surface area (Å²) in [4.78, 5) is 55.9. The second-order valence-corrected chi connectivity index (χ2v) is 28.3. The zero-order valence-corrected chi connectivity index (χ0v) is 53.5. The summed E-state index contributed by atoms with van der Waals surface area (Å²) >= 11 is 4.74. The molecule has 0 saturated carbocycles. The summed E-state index contributed by atoms with van der Waals surface area (Å²) in [6, 6.07) is 19.3. The van der Waals surface area contributed by atoms with Crippen LogP contribution in [0.1, 0.15) is 112 Å². The maximum absolute atomic E-state index is 9.57. The van der Waals surface area contributed by atoms with Gasteiger partial charge in [-0.15, -0.1) is 0 Å². The van der Waals surface area contributed by atoms with Crippen LogP contribution in [0.2, 0.25) is 0 Å². The van der Waals surface area contributed by atoms with Crippen molar-refractivity contribution in [2.24, 2.45) is 7.05 Å². The summed E-state index contributed by atoms with van der Waals surface area (Å²) in [7, 11) is 4.01. The summed E-state index contributed by atoms with van der Waals surface area (Å²) in [6.07, 6.45) is 30.8. The highest BCUT2D eigenvalue weighted by Crippen LogP contribution is 2.38. The quantitative estimate of drug-likeness (QED) is 0.0897. The minimum Gasteiger partial charge on any atom is -0.359 e. The third kappa shape index (κ3) is 11.4. The SMILES string of the molecule is Cc1cn2cc(-c3ncc4nc(N(C)C5CC6CCCC(C5)N6)sc4n3)cc(C#N)c2n1.Cc1cn2cc(-c3ncc4nc(NC5CC6CCC(C5)N6)sc4n3)cc(C#N)c2n1.Cn1cc2cc(-c3ncc4nc(NC5CC6CCC(C5)N6)sc4n3)cc(C#N)c2n1. The van der Waals surface area contributed by atoms with Crippen LogP contribution in [-0.2, 0) is 7.05 Å². The fourth-order valence-corrected chi connectivity index (χ4v) is 17.3. The second kappa shape index (κ2) is 23.8. The lowest BCUT2D eigenvalue weighted by Gasteiger charge is -2.43. The normalized spacial score (nSPS) is 23.0. The minimum atomic E-state index is 0.460. The van der Waals surface area contributed by atoms with E-state index in [1.165, 1.54) is 57.8 Å². The molecule has 462 valence electrons. The van der Waals surface area contributed by atoms with Crippen molar-refractivity contribution in [3.8, 4) is 52.4 Å². The van der Waals surface area contributed by atoms with E-state index in [9.17, 15) is 15.8 Å². The molecule has 12 aromatic rings. The second-order valence-electron chi connectivity index (χ2n) is 25.4. The van der Waals surface area contributed by atoms with Gasteiger partial charge in [-0.3, -0.25) is 4.68 Å². The van der Waals surface area contributed by atoms with Crippen molar-refractivity contribution in [3.63, 3.8) is 0 Å². The molecule has 24 nitrogen and oxygen atoms in total. The molecule has 0 radical (unpaired) electrons. The van der Waals surface area contributed by atoms with Gasteiger partial charge in [0.15, 0.2) is 44.2 Å². The number of rotatable bonds is 9. The first kappa shape index (κ1) is 57.9. The van der Waals surface area contributed by atoms with Crippen LogP contribution >= 0.6 is 34.0 Å². The molecule has 6 unspecified atom stereocenters. The molecule has 27 heteroatoms. The van der Waals surface area contributed by atoms with Crippen LogP contribution in [0, 0.1) is 47.8 Å². The number of anilines is 3. The van der Waals surface area contributed by atoms with Gasteiger partial charge in [0.1, 0.15) is 54.8 Å². The fraction of sp³-hybridized carbons (Fsp3) is 0.400. The lowest BCUT2D eigenvalue weighted by molar-refractivity contribution is 0.219. The van der Waals surface area contributed by atoms with Crippen molar-refractivity contribution < 1.29 is 0 Å². The molecule has 6 aliphatic rings. The average molecular weight is 1280 g/mol. The molecule has 18 rings (SSSR count). The number of benzene rings is 1. The Kier molecular flexibility index (Phi) is 14.9. The van der Waals surface area contributed by atoms with E-state index in [1.807, 2.05) is 78.9 Å². The maximum atomic E-state index is 9.57. The van der Waals surface area contributed by atoms with Gasteiger partial charge in [0, 0.05) is 122 Å². The zero-order valence-electron chi connectivity index (χ0n) is 51.0. The Morgan fingerprint density at radius 3 is 1.45 bits per heavy atom. The van der Waals surface area contributed by atoms with Gasteiger partial charge < -0.3 is 40.3 Å². The number of aryl methyl sites for hydroxylation is 3. The number of hydrogen-bond acceptors (Lipinski definition) is 24. The average Bonchev–Trinajstić information content (AvgIpc) is 1.64. The largest absolute Gasteiger partial charge is 0.359 e. The van der Waals surface area contributed by atoms with Crippen molar-refractivity contribution in [2.75, 3.05) is 22.6 Å². The van der Waals surface area contributed by atoms with Crippen LogP contribution in [0.25, 0.3) is 87.4 Å². The van der Waals surface area contributed by atoms with Gasteiger partial charge >= 0.3 is 0 Å². The summed E-state index contributed by atoms with van der Waals surface area (Å²) in [5.41, 5.74) is 10.1. The van der Waals surface area contributed by atoms with E-state index in [-0.39, 0.29) is 0 Å². The number of thiazole rings is 3. The molecule has 17 heterocycles. The van der Waals surface area contributed by atoms with Crippen LogP contribution in [-0.4, -0.2) is 135 Å². The number of nitrogens with one attached hydrogen (secondary N) is 5. The highest BCUT2D eigenvalue weighted by atomic mass is 32.1. The molecule has 6 saturated heterocycles. The maximum Gasteiger partial charge on any atom is 0.187 e. The number of imidazole rings is 2. The smallest absolute Gasteiger partial charge is 0.187 e. The number of nitriles is 3. The third-order valence-corrected chi connectivity index (χ3v) is 21.6. The first-order valence-corrected chi connectivity index (χ1v) is 33.9. The van der Waals surface area contributed by atoms with Crippen molar-refractivity contribution in [3.05, 3.63) is 102 Å². The van der Waals surface area contributed by atoms with Crippen molar-refractivity contribution in [1.82, 2.24) is 89.4 Å². The molecule has 5 N–H and O–H groups in total. The number of fused-ring (bicyclic) bond motifs is 12. The van der Waals surface area contributed by atoms with Crippen LogP contribution < -0.4 is 31.5 Å². The number of pyridine rings is 2. The van der Waals surface area contributed by atoms with E-state index in [0.29, 0.717) is 105 Å². The monoisotopic (exact) mass is 1280 g/mol. The van der Waals surface area contributed by atoms with Crippen molar-refractivity contribution in [1.29, 1.82) is 15.8 Å². The Morgan fingerprint density at radius 1 is 0.511 bits per heavy atom. The third-order valence-electron chi connectivity index (χ3n) is 18.8. The Morgan fingerprint density at radius 2 is 0.957 bits per heavy atom. The fourth-order valence-electron chi connectivity index (χ4n) is 14.6. The van der Waals surface area contributed by atoms with Crippen LogP contribution in [0.3, 0.4) is 0 Å². The topological polar surface area (TPSA) is 303 Å². The lowest BCUT2D eigenvalue weighted by atomic mass is 9.83. The number of nitrogens with zero attached hydrogens (tertiary/aromatic N) is 19. The zero-order chi connectivity index (χ0) is 62.3. The predicted molar refractivity (Wildman–Crippen MR) is 356 cm³/mol. The molecule has 92 heavy (non-hydrogen) atoms. The van der Waals surface area contributed by atoms with Crippen LogP contribution in [0.5, 0.6) is 0 Å². The molecule has 6 aliphatic heterocycles. The van der Waals surface area contributed by atoms with Gasteiger partial charge in [0.25, 0.3) is 0 Å². The van der Waals surface area contributed by atoms with E-state index < -0.39 is 0 Å². The van der Waals surface area contributed by atoms with Crippen LogP contribution in [0.15, 0.2) is 73.8 Å². The highest BCUT2D eigenvalue weighted by Gasteiger charge is 2.36. The number of piperidine rings is 4. The van der Waals surface area contributed by atoms with E-state index in [4.69, 9.17) is 29.9 Å². The molecule has 11 aromatic heterocycles. The van der Waals surface area contributed by atoms with Gasteiger partial charge in [-0.2, -0.15) is 20.9 Å². The Labute approximate surface area is 540 Å². The summed E-state index contributed by atoms with van der Waals surface area (Å²) < 4.78 is 5.45. The standard InChI is InChI=1S/C23H24N8S.2C21H20N8S/c1-13-11-31-12-15(6-14(9-24)21(31)26-13)20-25-10-19-22(29-20)32-23(28-19)30(2)18-7-16-4-3-5-17(8-18)27-16;1-29-10-13-5-11(4-12(8-22)18(13)28-29)19-23-9-17-20(27-19)30-21(26-17)25-16-6-14-2-3-15(7-16)24-14;1-11-9-29-10-13(4-12(7-22)19(29)24-11)18-23-8-17-20(28-18)30-21(27-17)26-16-5-14-2-3-15(6-16)25-14/h6,10-12,16-18,27H,3-5,7-8H2,1-2H3;4-5,9-10,14-16,24H,2-3,6-7H2,1H3,(H,25,26);4,8-10,14-16,25H,2-3,5-6H2,1H3,(H,26,27). The van der Waals surface area contributed by atoms with E-state index in [1.54, 1.807) is 63.3 Å². The Bertz CT molecular complexity index is 4740. The molecule has 1 aromatic carbocycles. The molecule has 0 amide bonds. The van der Waals surface area contributed by atoms with E-state index in [0.717, 1.165) is 106 Å². The van der Waals surface area contributed by atoms with Gasteiger partial charge in [-0.05, 0) is 115 Å². The van der Waals surface area contributed by atoms with Gasteiger partial charge in [-0.1, -0.05) is 40.4 Å². The van der Waals surface area contributed by atoms with E-state index in [2.05, 4.69) is 86.8 Å². The predicted octanol–water partition coefficient (Wildman–Crippen LogP) is 10.2. The first-order valence-electron chi connectivity index (χ1n) is 31.5. The molecule has 6 fully saturated rings. The Hall–Kier alpha value is -9.27. The molecule has 6 atom stereocenters. The molecular weight excluding hydrogens is 1210 g/mol. The summed E-state index contributed by atoms with van der Waals surface area (Å²) in [5, 5.41) is 55.1. The highest BCUT2D eigenvalue weighted by molar-refractivity contribution is 7.22. The first-order chi connectivity index (χ1) is 44.8. The molecule has 6 bridgehead atoms. The molecule has 0 spiro atoms.